The maximum absolute atomic E-state index is 4.83. The lowest BCUT2D eigenvalue weighted by Crippen LogP contribution is -2.32. The summed E-state index contributed by atoms with van der Waals surface area (Å²) in [6.07, 6.45) is 6.92. The van der Waals surface area contributed by atoms with E-state index in [1.807, 2.05) is 6.20 Å². The molecule has 1 fully saturated rings. The van der Waals surface area contributed by atoms with Crippen LogP contribution in [0.5, 0.6) is 0 Å². The second-order valence-electron chi connectivity index (χ2n) is 6.45. The fourth-order valence-corrected chi connectivity index (χ4v) is 2.69. The Morgan fingerprint density at radius 2 is 1.95 bits per heavy atom. The van der Waals surface area contributed by atoms with Gasteiger partial charge in [0.25, 0.3) is 0 Å². The Morgan fingerprint density at radius 1 is 1.29 bits per heavy atom. The lowest BCUT2D eigenvalue weighted by Gasteiger charge is -2.30. The summed E-state index contributed by atoms with van der Waals surface area (Å²) in [5, 5.41) is 3.59. The monoisotopic (exact) mass is 290 g/mol. The van der Waals surface area contributed by atoms with E-state index in [0.717, 1.165) is 30.9 Å². The first-order valence-electron chi connectivity index (χ1n) is 8.38. The number of hydrogen-bond acceptors (Lipinski definition) is 4. The predicted molar refractivity (Wildman–Crippen MR) is 88.8 cm³/mol. The Balaban J connectivity index is 2.23. The van der Waals surface area contributed by atoms with Crippen molar-refractivity contribution in [1.82, 2.24) is 15.3 Å². The van der Waals surface area contributed by atoms with Crippen LogP contribution in [0.1, 0.15) is 70.8 Å². The molecular weight excluding hydrogens is 260 g/mol. The van der Waals surface area contributed by atoms with Crippen LogP contribution in [0.15, 0.2) is 6.20 Å². The van der Waals surface area contributed by atoms with Crippen LogP contribution in [-0.4, -0.2) is 29.1 Å². The highest BCUT2D eigenvalue weighted by Gasteiger charge is 2.23. The molecule has 1 saturated carbocycles. The van der Waals surface area contributed by atoms with Crippen molar-refractivity contribution in [2.75, 3.05) is 11.9 Å². The summed E-state index contributed by atoms with van der Waals surface area (Å²) in [6.45, 7) is 9.65. The molecule has 4 nitrogen and oxygen atoms in total. The summed E-state index contributed by atoms with van der Waals surface area (Å²) >= 11 is 0. The van der Waals surface area contributed by atoms with E-state index in [4.69, 9.17) is 4.98 Å². The molecule has 0 aliphatic heterocycles. The van der Waals surface area contributed by atoms with Gasteiger partial charge in [0.1, 0.15) is 5.82 Å². The molecule has 1 aromatic heterocycles. The predicted octanol–water partition coefficient (Wildman–Crippen LogP) is 3.48. The van der Waals surface area contributed by atoms with Crippen LogP contribution in [0.2, 0.25) is 0 Å². The summed E-state index contributed by atoms with van der Waals surface area (Å²) in [6, 6.07) is 1.26. The summed E-state index contributed by atoms with van der Waals surface area (Å²) in [5.41, 5.74) is 2.33. The van der Waals surface area contributed by atoms with Crippen molar-refractivity contribution in [1.29, 1.82) is 0 Å². The SMILES string of the molecule is CCC(CC)N(C)c1cnc(C(C)C)nc1CNC1CC1. The number of hydrogen-bond donors (Lipinski definition) is 1. The molecular formula is C17H30N4. The molecule has 1 aliphatic carbocycles. The van der Waals surface area contributed by atoms with Gasteiger partial charge in [0, 0.05) is 31.6 Å². The molecule has 1 aromatic rings. The van der Waals surface area contributed by atoms with Gasteiger partial charge in [-0.2, -0.15) is 0 Å². The first-order chi connectivity index (χ1) is 10.1. The van der Waals surface area contributed by atoms with Gasteiger partial charge in [-0.3, -0.25) is 0 Å². The van der Waals surface area contributed by atoms with Crippen LogP contribution in [0.3, 0.4) is 0 Å². The van der Waals surface area contributed by atoms with E-state index in [1.165, 1.54) is 18.5 Å². The average molecular weight is 290 g/mol. The Kier molecular flexibility index (Phi) is 5.57. The van der Waals surface area contributed by atoms with Gasteiger partial charge < -0.3 is 10.2 Å². The topological polar surface area (TPSA) is 41.1 Å². The molecule has 21 heavy (non-hydrogen) atoms. The van der Waals surface area contributed by atoms with Crippen molar-refractivity contribution in [3.05, 3.63) is 17.7 Å². The van der Waals surface area contributed by atoms with E-state index in [1.54, 1.807) is 0 Å². The second kappa shape index (κ2) is 7.21. The maximum atomic E-state index is 4.83. The third kappa shape index (κ3) is 4.16. The van der Waals surface area contributed by atoms with E-state index in [2.05, 4.69) is 49.9 Å². The van der Waals surface area contributed by atoms with Gasteiger partial charge in [0.2, 0.25) is 0 Å². The zero-order valence-electron chi connectivity index (χ0n) is 14.2. The molecule has 1 heterocycles. The molecule has 0 unspecified atom stereocenters. The Hall–Kier alpha value is -1.16. The van der Waals surface area contributed by atoms with E-state index >= 15 is 0 Å². The molecule has 4 heteroatoms. The lowest BCUT2D eigenvalue weighted by molar-refractivity contribution is 0.581. The fraction of sp³-hybridized carbons (Fsp3) is 0.765. The van der Waals surface area contributed by atoms with Gasteiger partial charge in [-0.1, -0.05) is 27.7 Å². The Morgan fingerprint density at radius 3 is 2.48 bits per heavy atom. The minimum Gasteiger partial charge on any atom is -0.369 e. The van der Waals surface area contributed by atoms with Gasteiger partial charge in [-0.05, 0) is 25.7 Å². The molecule has 0 spiro atoms. The largest absolute Gasteiger partial charge is 0.369 e. The highest BCUT2D eigenvalue weighted by molar-refractivity contribution is 5.49. The molecule has 0 radical (unpaired) electrons. The first-order valence-corrected chi connectivity index (χ1v) is 8.38. The van der Waals surface area contributed by atoms with Gasteiger partial charge in [-0.25, -0.2) is 9.97 Å². The minimum atomic E-state index is 0.372. The van der Waals surface area contributed by atoms with Crippen LogP contribution in [0.4, 0.5) is 5.69 Å². The molecule has 1 aliphatic rings. The quantitative estimate of drug-likeness (QED) is 0.796. The number of nitrogens with one attached hydrogen (secondary N) is 1. The molecule has 118 valence electrons. The zero-order chi connectivity index (χ0) is 15.4. The van der Waals surface area contributed by atoms with Gasteiger partial charge in [0.05, 0.1) is 17.6 Å². The molecule has 2 rings (SSSR count). The molecule has 0 saturated heterocycles. The summed E-state index contributed by atoms with van der Waals surface area (Å²) in [7, 11) is 2.17. The standard InChI is InChI=1S/C17H30N4/c1-6-14(7-2)21(5)16-11-19-17(12(3)4)20-15(16)10-18-13-8-9-13/h11-14,18H,6-10H2,1-5H3. The highest BCUT2D eigenvalue weighted by Crippen LogP contribution is 2.25. The van der Waals surface area contributed by atoms with Crippen molar-refractivity contribution in [3.8, 4) is 0 Å². The van der Waals surface area contributed by atoms with Crippen LogP contribution >= 0.6 is 0 Å². The van der Waals surface area contributed by atoms with Crippen molar-refractivity contribution in [2.45, 2.75) is 77.9 Å². The Labute approximate surface area is 129 Å². The van der Waals surface area contributed by atoms with Crippen LogP contribution < -0.4 is 10.2 Å². The minimum absolute atomic E-state index is 0.372. The van der Waals surface area contributed by atoms with Gasteiger partial charge in [-0.15, -0.1) is 0 Å². The molecule has 1 N–H and O–H groups in total. The van der Waals surface area contributed by atoms with Gasteiger partial charge >= 0.3 is 0 Å². The average Bonchev–Trinajstić information content (AvgIpc) is 3.30. The molecule has 0 amide bonds. The summed E-state index contributed by atoms with van der Waals surface area (Å²) in [4.78, 5) is 11.8. The van der Waals surface area contributed by atoms with Crippen LogP contribution in [0, 0.1) is 0 Å². The highest BCUT2D eigenvalue weighted by atomic mass is 15.2. The zero-order valence-corrected chi connectivity index (χ0v) is 14.2. The number of anilines is 1. The van der Waals surface area contributed by atoms with Crippen molar-refractivity contribution in [3.63, 3.8) is 0 Å². The number of aromatic nitrogens is 2. The molecule has 0 atom stereocenters. The summed E-state index contributed by atoms with van der Waals surface area (Å²) < 4.78 is 0. The van der Waals surface area contributed by atoms with E-state index in [-0.39, 0.29) is 0 Å². The second-order valence-corrected chi connectivity index (χ2v) is 6.45. The fourth-order valence-electron chi connectivity index (χ4n) is 2.69. The van der Waals surface area contributed by atoms with Gasteiger partial charge in [0.15, 0.2) is 0 Å². The van der Waals surface area contributed by atoms with E-state index in [9.17, 15) is 0 Å². The first kappa shape index (κ1) is 16.2. The third-order valence-corrected chi connectivity index (χ3v) is 4.39. The normalized spacial score (nSPS) is 15.0. The maximum Gasteiger partial charge on any atom is 0.131 e. The number of rotatable bonds is 8. The third-order valence-electron chi connectivity index (χ3n) is 4.39. The lowest BCUT2D eigenvalue weighted by atomic mass is 10.1. The molecule has 0 bridgehead atoms. The van der Waals surface area contributed by atoms with Crippen molar-refractivity contribution in [2.24, 2.45) is 0 Å². The van der Waals surface area contributed by atoms with Crippen LogP contribution in [0.25, 0.3) is 0 Å². The van der Waals surface area contributed by atoms with Crippen molar-refractivity contribution < 1.29 is 0 Å². The summed E-state index contributed by atoms with van der Waals surface area (Å²) in [5.74, 6) is 1.32. The van der Waals surface area contributed by atoms with Crippen molar-refractivity contribution >= 4 is 5.69 Å². The number of nitrogens with zero attached hydrogens (tertiary/aromatic N) is 3. The van der Waals surface area contributed by atoms with E-state index in [0.29, 0.717) is 18.0 Å². The Bertz CT molecular complexity index is 450. The van der Waals surface area contributed by atoms with Crippen LogP contribution in [-0.2, 0) is 6.54 Å². The smallest absolute Gasteiger partial charge is 0.131 e. The van der Waals surface area contributed by atoms with E-state index < -0.39 is 0 Å². The molecule has 0 aromatic carbocycles.